The van der Waals surface area contributed by atoms with Crippen LogP contribution in [0.5, 0.6) is 23.0 Å². The van der Waals surface area contributed by atoms with Crippen molar-refractivity contribution in [2.24, 2.45) is 11.1 Å². The van der Waals surface area contributed by atoms with Crippen molar-refractivity contribution in [3.63, 3.8) is 0 Å². The second-order valence-corrected chi connectivity index (χ2v) is 20.3. The number of methoxy groups -OCH3 is 2. The fourth-order valence-corrected chi connectivity index (χ4v) is 11.4. The largest absolute Gasteiger partial charge is 0.540 e. The van der Waals surface area contributed by atoms with Crippen molar-refractivity contribution in [2.45, 2.75) is 51.4 Å². The van der Waals surface area contributed by atoms with Crippen LogP contribution in [0.3, 0.4) is 0 Å². The quantitative estimate of drug-likeness (QED) is 0.0235. The van der Waals surface area contributed by atoms with Crippen LogP contribution in [-0.2, 0) is 48.4 Å². The van der Waals surface area contributed by atoms with Crippen LogP contribution in [0, 0.1) is 12.8 Å². The fraction of sp³-hybridized carbons (Fsp3) is 0.327. The highest BCUT2D eigenvalue weighted by Crippen LogP contribution is 2.46. The van der Waals surface area contributed by atoms with Crippen LogP contribution in [-0.4, -0.2) is 124 Å². The van der Waals surface area contributed by atoms with E-state index in [4.69, 9.17) is 56.1 Å². The highest BCUT2D eigenvalue weighted by atomic mass is 35.5. The number of ether oxygens (including phenoxy) is 4. The summed E-state index contributed by atoms with van der Waals surface area (Å²) in [5.41, 5.74) is 3.65. The molecule has 17 nitrogen and oxygen atoms in total. The maximum atomic E-state index is 14.1. The topological polar surface area (TPSA) is 190 Å². The molecule has 4 heterocycles. The minimum atomic E-state index is -0.859. The third-order valence-corrected chi connectivity index (χ3v) is 15.5. The van der Waals surface area contributed by atoms with Gasteiger partial charge in [0, 0.05) is 36.0 Å². The number of nitrogens with zero attached hydrogens (tertiary/aromatic N) is 4. The van der Waals surface area contributed by atoms with Gasteiger partial charge in [-0.05, 0) is 72.1 Å². The highest BCUT2D eigenvalue weighted by molar-refractivity contribution is 8.00. The number of quaternary nitrogens is 1. The van der Waals surface area contributed by atoms with Gasteiger partial charge in [0.2, 0.25) is 5.91 Å². The smallest absolute Gasteiger partial charge is 0.378 e. The second-order valence-electron chi connectivity index (χ2n) is 17.7. The van der Waals surface area contributed by atoms with Crippen molar-refractivity contribution >= 4 is 86.0 Å². The van der Waals surface area contributed by atoms with Gasteiger partial charge in [0.1, 0.15) is 49.3 Å². The lowest BCUT2D eigenvalue weighted by molar-refractivity contribution is -0.911. The van der Waals surface area contributed by atoms with Crippen LogP contribution in [0.15, 0.2) is 107 Å². The van der Waals surface area contributed by atoms with Crippen LogP contribution in [0.4, 0.5) is 0 Å². The van der Waals surface area contributed by atoms with Crippen LogP contribution in [0.1, 0.15) is 67.4 Å². The monoisotopic (exact) mass is 1060 g/mol. The maximum Gasteiger partial charge on any atom is 0.378 e. The van der Waals surface area contributed by atoms with Gasteiger partial charge in [-0.15, -0.1) is 23.1 Å². The molecule has 1 N–H and O–H groups in total. The first-order chi connectivity index (χ1) is 35.8. The third-order valence-electron chi connectivity index (χ3n) is 13.0. The number of benzene rings is 4. The molecule has 8 rings (SSSR count). The fourth-order valence-electron chi connectivity index (χ4n) is 9.12. The van der Waals surface area contributed by atoms with E-state index in [1.54, 1.807) is 50.8 Å². The predicted octanol–water partition coefficient (Wildman–Crippen LogP) is 6.85. The average molecular weight is 1060 g/mol. The molecule has 0 spiro atoms. The number of nitrogens with one attached hydrogen (secondary N) is 1. The Morgan fingerprint density at radius 3 is 2.18 bits per heavy atom. The van der Waals surface area contributed by atoms with Crippen LogP contribution in [0.2, 0.25) is 5.02 Å². The number of fused-ring (bicyclic) bond motifs is 1. The Kier molecular flexibility index (Phi) is 17.7. The van der Waals surface area contributed by atoms with Crippen molar-refractivity contribution in [2.75, 3.05) is 52.7 Å². The van der Waals surface area contributed by atoms with E-state index in [1.165, 1.54) is 40.1 Å². The minimum absolute atomic E-state index is 0.0646. The molecule has 0 aliphatic carbocycles. The van der Waals surface area contributed by atoms with Crippen LogP contribution >= 0.6 is 34.7 Å². The van der Waals surface area contributed by atoms with E-state index >= 15 is 0 Å². The second kappa shape index (κ2) is 24.5. The molecule has 0 unspecified atom stereocenters. The van der Waals surface area contributed by atoms with E-state index in [0.29, 0.717) is 56.7 Å². The summed E-state index contributed by atoms with van der Waals surface area (Å²) in [6.07, 6.45) is 1.60. The Hall–Kier alpha value is -6.80. The number of ketones is 1. The lowest BCUT2D eigenvalue weighted by Crippen LogP contribution is -2.63. The molecule has 0 saturated carbocycles. The van der Waals surface area contributed by atoms with E-state index in [-0.39, 0.29) is 71.8 Å². The summed E-state index contributed by atoms with van der Waals surface area (Å²) in [7, 11) is 13.7. The van der Waals surface area contributed by atoms with Gasteiger partial charge in [0.05, 0.1) is 72.8 Å². The maximum absolute atomic E-state index is 14.1. The predicted molar refractivity (Wildman–Crippen MR) is 278 cm³/mol. The summed E-state index contributed by atoms with van der Waals surface area (Å²) in [5.74, 6) is -1.37. The van der Waals surface area contributed by atoms with Gasteiger partial charge in [-0.3, -0.25) is 19.3 Å². The molecule has 2 saturated heterocycles. The summed E-state index contributed by atoms with van der Waals surface area (Å²) >= 11 is 9.77. The van der Waals surface area contributed by atoms with Crippen molar-refractivity contribution in [1.82, 2.24) is 15.2 Å². The number of thiazole rings is 1. The third kappa shape index (κ3) is 12.4. The Balaban J connectivity index is 0.939. The molecule has 380 valence electrons. The Labute approximate surface area is 443 Å². The first-order valence-corrected chi connectivity index (χ1v) is 25.9. The number of oxime groups is 1. The molecule has 2 fully saturated rings. The number of aromatic nitrogens is 1. The Bertz CT molecular complexity index is 2950. The van der Waals surface area contributed by atoms with E-state index in [1.807, 2.05) is 48.5 Å². The number of hydrogen-bond acceptors (Lipinski definition) is 16. The molecule has 74 heavy (non-hydrogen) atoms. The number of likely N-dealkylation sites (tertiary alicyclic amines) is 1. The van der Waals surface area contributed by atoms with Crippen molar-refractivity contribution in [1.29, 1.82) is 0 Å². The molecule has 2 atom stereocenters. The van der Waals surface area contributed by atoms with E-state index < -0.39 is 40.8 Å². The number of aryl methyl sites for hydroxylation is 1. The van der Waals surface area contributed by atoms with Crippen molar-refractivity contribution in [3.05, 3.63) is 145 Å². The van der Waals surface area contributed by atoms with Crippen LogP contribution < -0.4 is 24.3 Å². The lowest BCUT2D eigenvalue weighted by atomic mass is 9.89. The number of halogens is 1. The molecule has 3 aliphatic rings. The molecule has 22 heteroatoms. The summed E-state index contributed by atoms with van der Waals surface area (Å²) in [5, 5.41) is 9.11. The van der Waals surface area contributed by atoms with Crippen molar-refractivity contribution < 1.29 is 61.5 Å². The zero-order chi connectivity index (χ0) is 52.4. The number of carbonyl (C=O) groups excluding carboxylic acids is 5. The van der Waals surface area contributed by atoms with Crippen LogP contribution in [0.25, 0.3) is 0 Å². The first kappa shape index (κ1) is 53.5. The van der Waals surface area contributed by atoms with Gasteiger partial charge in [-0.25, -0.2) is 14.6 Å². The van der Waals surface area contributed by atoms with Gasteiger partial charge in [-0.2, -0.15) is 0 Å². The normalized spacial score (nSPS) is 16.9. The zero-order valence-electron chi connectivity index (χ0n) is 40.8. The van der Waals surface area contributed by atoms with Gasteiger partial charge < -0.3 is 42.9 Å². The summed E-state index contributed by atoms with van der Waals surface area (Å²) in [4.78, 5) is 78.9. The molecule has 4 aromatic carbocycles. The average Bonchev–Trinajstić information content (AvgIpc) is 4.09. The van der Waals surface area contributed by atoms with E-state index in [9.17, 15) is 24.0 Å². The number of carbonyl (C=O) groups is 5. The van der Waals surface area contributed by atoms with Gasteiger partial charge in [-0.1, -0.05) is 53.2 Å². The van der Waals surface area contributed by atoms with Crippen molar-refractivity contribution in [3.8, 4) is 23.0 Å². The number of Topliss-reactive ketones (excluding diaryl/α,β-unsaturated/α-hetero) is 1. The van der Waals surface area contributed by atoms with Gasteiger partial charge >= 0.3 is 28.0 Å². The molecular formula is C52H51B2ClN5O12S2+. The molecule has 0 bridgehead atoms. The standard InChI is InChI=1S/C52H50B2ClN5O12S2/c1-31-57-41(30-73-31)45(58-70-28-34-7-6-8-35(23-34)51(64)71-53)42(61)24-40-49(63)59-46(52(65)72-54)36(29-74-50(40)59)25-60(20-4-5-21-60)22-19-56-48(62)39-17-18-43(68-26-32-9-13-37(66-2)14-10-32)47(44(39)55)69-27-33-11-15-38(67-3)16-12-33/h6-18,23,30,40,50H,4-5,19-22,24-29H2,1-3H3/p+1/b58-45-/t40-,50-/m1/s1. The van der Waals surface area contributed by atoms with Gasteiger partial charge in [0.15, 0.2) is 23.0 Å². The van der Waals surface area contributed by atoms with Gasteiger partial charge in [0.25, 0.3) is 5.91 Å². The highest BCUT2D eigenvalue weighted by Gasteiger charge is 2.55. The molecule has 4 radical (unpaired) electrons. The Morgan fingerprint density at radius 2 is 1.54 bits per heavy atom. The Morgan fingerprint density at radius 1 is 0.865 bits per heavy atom. The number of β-lactam (4-membered cyclic amide) rings is 1. The number of hydrogen-bond donors (Lipinski definition) is 1. The lowest BCUT2D eigenvalue weighted by Gasteiger charge is -2.50. The summed E-state index contributed by atoms with van der Waals surface area (Å²) in [6, 6.07) is 24.5. The zero-order valence-corrected chi connectivity index (χ0v) is 43.2. The number of thioether (sulfide) groups is 1. The molecule has 3 aliphatic heterocycles. The number of amides is 2. The van der Waals surface area contributed by atoms with E-state index in [0.717, 1.165) is 37.1 Å². The SMILES string of the molecule is [B]OC(=O)C1=C(C[N+]2(CCNC(=O)c3ccc(OCc4ccc(OC)cc4)c(OCc4ccc(OC)cc4)c3Cl)CCCC2)CS[C@@H]2[C@H](CC(=O)/C(=N\OCc3cccc(C(=O)O[B])c3)c3csc(C)n3)C(=O)N12. The summed E-state index contributed by atoms with van der Waals surface area (Å²) < 4.78 is 32.7. The molecular weight excluding hydrogens is 1010 g/mol. The molecule has 1 aromatic heterocycles. The molecule has 5 aromatic rings. The first-order valence-electron chi connectivity index (χ1n) is 23.5. The molecule has 2 amide bonds. The number of rotatable bonds is 23. The minimum Gasteiger partial charge on any atom is -0.540 e. The summed E-state index contributed by atoms with van der Waals surface area (Å²) in [6.45, 7) is 4.72. The van der Waals surface area contributed by atoms with E-state index in [2.05, 4.69) is 20.1 Å².